The Labute approximate surface area is 235 Å². The lowest BCUT2D eigenvalue weighted by molar-refractivity contribution is -0.118. The number of para-hydroxylation sites is 1. The predicted molar refractivity (Wildman–Crippen MR) is 157 cm³/mol. The molecule has 3 aromatic carbocycles. The van der Waals surface area contributed by atoms with Crippen molar-refractivity contribution in [2.45, 2.75) is 24.0 Å². The van der Waals surface area contributed by atoms with E-state index in [-0.39, 0.29) is 25.0 Å². The number of rotatable bonds is 11. The normalized spacial score (nSPS) is 11.3. The molecule has 0 saturated heterocycles. The van der Waals surface area contributed by atoms with Gasteiger partial charge in [0.2, 0.25) is 5.91 Å². The maximum absolute atomic E-state index is 13.1. The molecular formula is C30H28N2O5S2. The molecule has 4 aromatic rings. The molecule has 1 aromatic heterocycles. The molecule has 0 aliphatic heterocycles. The molecule has 2 amide bonds. The maximum atomic E-state index is 13.1. The minimum atomic E-state index is -0.479. The number of amides is 2. The average Bonchev–Trinajstić information content (AvgIpc) is 3.37. The summed E-state index contributed by atoms with van der Waals surface area (Å²) in [6.07, 6.45) is 0. The molecule has 2 N–H and O–H groups in total. The first kappa shape index (κ1) is 27.9. The number of thiophene rings is 1. The van der Waals surface area contributed by atoms with Gasteiger partial charge >= 0.3 is 5.97 Å². The van der Waals surface area contributed by atoms with Gasteiger partial charge in [-0.15, -0.1) is 23.1 Å². The van der Waals surface area contributed by atoms with Crippen LogP contribution in [0.1, 0.15) is 24.2 Å². The molecule has 0 saturated carbocycles. The van der Waals surface area contributed by atoms with E-state index in [1.807, 2.05) is 66.0 Å². The van der Waals surface area contributed by atoms with Gasteiger partial charge in [-0.1, -0.05) is 54.6 Å². The van der Waals surface area contributed by atoms with Gasteiger partial charge in [0.1, 0.15) is 16.3 Å². The lowest BCUT2D eigenvalue weighted by atomic mass is 10.0. The first-order valence-electron chi connectivity index (χ1n) is 12.3. The van der Waals surface area contributed by atoms with Crippen molar-refractivity contribution in [1.82, 2.24) is 0 Å². The van der Waals surface area contributed by atoms with Gasteiger partial charge in [-0.25, -0.2) is 4.79 Å². The fourth-order valence-electron chi connectivity index (χ4n) is 3.67. The zero-order chi connectivity index (χ0) is 27.6. The van der Waals surface area contributed by atoms with Crippen molar-refractivity contribution in [3.63, 3.8) is 0 Å². The molecule has 0 spiro atoms. The Bertz CT molecular complexity index is 1420. The van der Waals surface area contributed by atoms with Gasteiger partial charge in [0, 0.05) is 21.5 Å². The van der Waals surface area contributed by atoms with Crippen molar-refractivity contribution in [2.24, 2.45) is 0 Å². The Kier molecular flexibility index (Phi) is 9.77. The minimum Gasteiger partial charge on any atom is -0.484 e. The highest BCUT2D eigenvalue weighted by atomic mass is 32.2. The van der Waals surface area contributed by atoms with Crippen LogP contribution in [-0.2, 0) is 14.3 Å². The topological polar surface area (TPSA) is 93.7 Å². The molecule has 1 unspecified atom stereocenters. The first-order chi connectivity index (χ1) is 18.9. The van der Waals surface area contributed by atoms with Crippen molar-refractivity contribution in [2.75, 3.05) is 23.8 Å². The van der Waals surface area contributed by atoms with Gasteiger partial charge in [-0.05, 0) is 49.7 Å². The van der Waals surface area contributed by atoms with Crippen LogP contribution in [0.15, 0.2) is 95.2 Å². The third kappa shape index (κ3) is 7.72. The van der Waals surface area contributed by atoms with Gasteiger partial charge in [-0.2, -0.15) is 0 Å². The van der Waals surface area contributed by atoms with E-state index in [1.54, 1.807) is 38.1 Å². The van der Waals surface area contributed by atoms with Crippen LogP contribution < -0.4 is 15.4 Å². The summed E-state index contributed by atoms with van der Waals surface area (Å²) in [4.78, 5) is 39.0. The van der Waals surface area contributed by atoms with Crippen molar-refractivity contribution in [3.8, 4) is 16.9 Å². The summed E-state index contributed by atoms with van der Waals surface area (Å²) in [6, 6.07) is 25.9. The van der Waals surface area contributed by atoms with Gasteiger partial charge in [-0.3, -0.25) is 9.59 Å². The smallest absolute Gasteiger partial charge is 0.341 e. The minimum absolute atomic E-state index is 0.116. The van der Waals surface area contributed by atoms with Gasteiger partial charge < -0.3 is 20.1 Å². The van der Waals surface area contributed by atoms with E-state index in [0.717, 1.165) is 10.5 Å². The van der Waals surface area contributed by atoms with Crippen LogP contribution in [-0.4, -0.2) is 36.2 Å². The number of carbonyl (C=O) groups is 3. The van der Waals surface area contributed by atoms with Gasteiger partial charge in [0.15, 0.2) is 6.61 Å². The monoisotopic (exact) mass is 560 g/mol. The number of anilines is 2. The van der Waals surface area contributed by atoms with E-state index in [9.17, 15) is 14.4 Å². The molecule has 0 bridgehead atoms. The van der Waals surface area contributed by atoms with E-state index in [1.165, 1.54) is 23.1 Å². The van der Waals surface area contributed by atoms with Crippen molar-refractivity contribution < 1.29 is 23.9 Å². The van der Waals surface area contributed by atoms with Crippen LogP contribution in [0.4, 0.5) is 10.7 Å². The van der Waals surface area contributed by atoms with Crippen molar-refractivity contribution >= 4 is 51.6 Å². The molecular weight excluding hydrogens is 532 g/mol. The Hall–Kier alpha value is -4.08. The number of hydrogen-bond donors (Lipinski definition) is 2. The Morgan fingerprint density at radius 1 is 0.923 bits per heavy atom. The van der Waals surface area contributed by atoms with Crippen LogP contribution in [0.25, 0.3) is 11.1 Å². The first-order valence-corrected chi connectivity index (χ1v) is 14.1. The van der Waals surface area contributed by atoms with Crippen LogP contribution in [0.5, 0.6) is 5.75 Å². The number of benzene rings is 3. The van der Waals surface area contributed by atoms with E-state index >= 15 is 0 Å². The molecule has 0 aliphatic carbocycles. The largest absolute Gasteiger partial charge is 0.484 e. The van der Waals surface area contributed by atoms with Crippen LogP contribution in [0.2, 0.25) is 0 Å². The van der Waals surface area contributed by atoms with Crippen molar-refractivity contribution in [3.05, 3.63) is 95.9 Å². The Morgan fingerprint density at radius 2 is 1.64 bits per heavy atom. The molecule has 4 rings (SSSR count). The summed E-state index contributed by atoms with van der Waals surface area (Å²) in [5.41, 5.74) is 2.53. The summed E-state index contributed by atoms with van der Waals surface area (Å²) < 4.78 is 10.8. The van der Waals surface area contributed by atoms with E-state index < -0.39 is 11.2 Å². The molecule has 9 heteroatoms. The Morgan fingerprint density at radius 3 is 2.36 bits per heavy atom. The number of thioether (sulfide) groups is 1. The summed E-state index contributed by atoms with van der Waals surface area (Å²) >= 11 is 2.63. The molecule has 1 atom stereocenters. The summed E-state index contributed by atoms with van der Waals surface area (Å²) in [5.74, 6) is -0.402. The predicted octanol–water partition coefficient (Wildman–Crippen LogP) is 6.73. The molecule has 0 fully saturated rings. The van der Waals surface area contributed by atoms with Crippen LogP contribution in [0.3, 0.4) is 0 Å². The maximum Gasteiger partial charge on any atom is 0.341 e. The van der Waals surface area contributed by atoms with E-state index in [0.29, 0.717) is 27.6 Å². The lowest BCUT2D eigenvalue weighted by Crippen LogP contribution is -2.23. The average molecular weight is 561 g/mol. The number of esters is 1. The highest BCUT2D eigenvalue weighted by Gasteiger charge is 2.24. The fraction of sp³-hybridized carbons (Fsp3) is 0.167. The highest BCUT2D eigenvalue weighted by molar-refractivity contribution is 8.00. The second-order valence-corrected chi connectivity index (χ2v) is 10.7. The lowest BCUT2D eigenvalue weighted by Gasteiger charge is -2.14. The Balaban J connectivity index is 1.39. The number of nitrogens with one attached hydrogen (secondary N) is 2. The highest BCUT2D eigenvalue weighted by Crippen LogP contribution is 2.37. The van der Waals surface area contributed by atoms with Crippen LogP contribution in [0, 0.1) is 0 Å². The third-order valence-electron chi connectivity index (χ3n) is 5.51. The SMILES string of the molecule is CCOC(=O)c1c(-c2ccccc2)csc1NC(=O)C(C)Sc1cccc(NC(=O)COc2ccccc2)c1. The van der Waals surface area contributed by atoms with Gasteiger partial charge in [0.05, 0.1) is 11.9 Å². The van der Waals surface area contributed by atoms with E-state index in [2.05, 4.69) is 10.6 Å². The molecule has 39 heavy (non-hydrogen) atoms. The summed E-state index contributed by atoms with van der Waals surface area (Å²) in [5, 5.41) is 7.55. The molecule has 0 aliphatic rings. The number of carbonyl (C=O) groups excluding carboxylic acids is 3. The second-order valence-electron chi connectivity index (χ2n) is 8.37. The zero-order valence-electron chi connectivity index (χ0n) is 21.5. The third-order valence-corrected chi connectivity index (χ3v) is 7.49. The molecule has 200 valence electrons. The molecule has 0 radical (unpaired) electrons. The van der Waals surface area contributed by atoms with Crippen LogP contribution >= 0.6 is 23.1 Å². The number of hydrogen-bond acceptors (Lipinski definition) is 7. The summed E-state index contributed by atoms with van der Waals surface area (Å²) in [7, 11) is 0. The fourth-order valence-corrected chi connectivity index (χ4v) is 5.55. The standard InChI is InChI=1S/C30H28N2O5S2/c1-3-36-30(35)27-25(21-11-6-4-7-12-21)19-38-29(27)32-28(34)20(2)39-24-16-10-13-22(17-24)31-26(33)18-37-23-14-8-5-9-15-23/h4-17,19-20H,3,18H2,1-2H3,(H,31,33)(H,32,34). The van der Waals surface area contributed by atoms with E-state index in [4.69, 9.17) is 9.47 Å². The second kappa shape index (κ2) is 13.6. The summed E-state index contributed by atoms with van der Waals surface area (Å²) in [6.45, 7) is 3.65. The molecule has 1 heterocycles. The zero-order valence-corrected chi connectivity index (χ0v) is 23.1. The number of ether oxygens (including phenoxy) is 2. The quantitative estimate of drug-likeness (QED) is 0.156. The van der Waals surface area contributed by atoms with Gasteiger partial charge in [0.25, 0.3) is 5.91 Å². The van der Waals surface area contributed by atoms with Crippen molar-refractivity contribution in [1.29, 1.82) is 0 Å². The molecule has 7 nitrogen and oxygen atoms in total.